The average molecular weight is 374 g/mol. The van der Waals surface area contributed by atoms with Crippen LogP contribution in [-0.2, 0) is 14.8 Å². The third kappa shape index (κ3) is 4.69. The van der Waals surface area contributed by atoms with Gasteiger partial charge in [0.25, 0.3) is 5.91 Å². The van der Waals surface area contributed by atoms with Gasteiger partial charge in [0.15, 0.2) is 0 Å². The Morgan fingerprint density at radius 1 is 1.12 bits per heavy atom. The van der Waals surface area contributed by atoms with Crippen LogP contribution in [0.5, 0.6) is 0 Å². The zero-order valence-corrected chi connectivity index (χ0v) is 15.4. The number of carbonyl (C=O) groups is 1. The van der Waals surface area contributed by atoms with Crippen LogP contribution in [0.15, 0.2) is 53.4 Å². The van der Waals surface area contributed by atoms with Crippen molar-refractivity contribution in [1.29, 1.82) is 0 Å². The maximum absolute atomic E-state index is 12.3. The van der Waals surface area contributed by atoms with E-state index in [0.29, 0.717) is 17.9 Å². The Bertz CT molecular complexity index is 855. The molecule has 2 aromatic rings. The van der Waals surface area contributed by atoms with Crippen molar-refractivity contribution in [3.05, 3.63) is 59.7 Å². The zero-order valence-electron chi connectivity index (χ0n) is 14.6. The van der Waals surface area contributed by atoms with Crippen LogP contribution in [0.1, 0.15) is 28.8 Å². The molecule has 7 heteroatoms. The van der Waals surface area contributed by atoms with Crippen molar-refractivity contribution in [1.82, 2.24) is 4.72 Å². The highest BCUT2D eigenvalue weighted by Gasteiger charge is 2.20. The van der Waals surface area contributed by atoms with E-state index in [2.05, 4.69) is 10.0 Å². The van der Waals surface area contributed by atoms with Crippen molar-refractivity contribution in [2.24, 2.45) is 0 Å². The SMILES string of the molecule is Cc1ccc(NC(=O)c2ccc(S(=O)(=O)NC[C@H]3CCCO3)cc2)cc1. The highest BCUT2D eigenvalue weighted by atomic mass is 32.2. The molecule has 1 amide bonds. The zero-order chi connectivity index (χ0) is 18.6. The third-order valence-electron chi connectivity index (χ3n) is 4.26. The molecular weight excluding hydrogens is 352 g/mol. The summed E-state index contributed by atoms with van der Waals surface area (Å²) in [6.45, 7) is 2.91. The first-order chi connectivity index (χ1) is 12.4. The second-order valence-electron chi connectivity index (χ2n) is 6.33. The standard InChI is InChI=1S/C19H22N2O4S/c1-14-4-8-16(9-5-14)21-19(22)15-6-10-18(11-7-15)26(23,24)20-13-17-3-2-12-25-17/h4-11,17,20H,2-3,12-13H2,1H3,(H,21,22)/t17-/m1/s1. The van der Waals surface area contributed by atoms with Gasteiger partial charge >= 0.3 is 0 Å². The highest BCUT2D eigenvalue weighted by molar-refractivity contribution is 7.89. The number of sulfonamides is 1. The first-order valence-electron chi connectivity index (χ1n) is 8.53. The summed E-state index contributed by atoms with van der Waals surface area (Å²) >= 11 is 0. The molecular formula is C19H22N2O4S. The predicted molar refractivity (Wildman–Crippen MR) is 99.7 cm³/mol. The van der Waals surface area contributed by atoms with Gasteiger partial charge in [-0.3, -0.25) is 4.79 Å². The first kappa shape index (κ1) is 18.6. The van der Waals surface area contributed by atoms with Gasteiger partial charge < -0.3 is 10.1 Å². The first-order valence-corrected chi connectivity index (χ1v) is 10.0. The van der Waals surface area contributed by atoms with Crippen LogP contribution in [0, 0.1) is 6.92 Å². The third-order valence-corrected chi connectivity index (χ3v) is 5.70. The van der Waals surface area contributed by atoms with Crippen molar-refractivity contribution in [3.8, 4) is 0 Å². The number of rotatable bonds is 6. The largest absolute Gasteiger partial charge is 0.377 e. The minimum Gasteiger partial charge on any atom is -0.377 e. The Morgan fingerprint density at radius 2 is 1.81 bits per heavy atom. The van der Waals surface area contributed by atoms with Gasteiger partial charge in [-0.15, -0.1) is 0 Å². The minimum atomic E-state index is -3.62. The summed E-state index contributed by atoms with van der Waals surface area (Å²) in [5, 5.41) is 2.79. The minimum absolute atomic E-state index is 0.0654. The molecule has 0 bridgehead atoms. The molecule has 0 saturated carbocycles. The van der Waals surface area contributed by atoms with E-state index in [1.54, 1.807) is 0 Å². The van der Waals surface area contributed by atoms with Crippen LogP contribution in [0.3, 0.4) is 0 Å². The Labute approximate surface area is 153 Å². The molecule has 3 rings (SSSR count). The lowest BCUT2D eigenvalue weighted by atomic mass is 10.2. The Morgan fingerprint density at radius 3 is 2.42 bits per heavy atom. The molecule has 26 heavy (non-hydrogen) atoms. The van der Waals surface area contributed by atoms with Gasteiger partial charge in [0.2, 0.25) is 10.0 Å². The molecule has 0 radical (unpaired) electrons. The van der Waals surface area contributed by atoms with E-state index >= 15 is 0 Å². The molecule has 6 nitrogen and oxygen atoms in total. The van der Waals surface area contributed by atoms with Gasteiger partial charge in [0.1, 0.15) is 0 Å². The van der Waals surface area contributed by atoms with Crippen LogP contribution < -0.4 is 10.0 Å². The molecule has 1 aliphatic rings. The monoisotopic (exact) mass is 374 g/mol. The lowest BCUT2D eigenvalue weighted by Crippen LogP contribution is -2.31. The van der Waals surface area contributed by atoms with Gasteiger partial charge in [-0.1, -0.05) is 17.7 Å². The maximum Gasteiger partial charge on any atom is 0.255 e. The molecule has 138 valence electrons. The quantitative estimate of drug-likeness (QED) is 0.814. The summed E-state index contributed by atoms with van der Waals surface area (Å²) in [5.41, 5.74) is 2.19. The maximum atomic E-state index is 12.3. The topological polar surface area (TPSA) is 84.5 Å². The van der Waals surface area contributed by atoms with Crippen molar-refractivity contribution in [3.63, 3.8) is 0 Å². The van der Waals surface area contributed by atoms with Gasteiger partial charge in [-0.25, -0.2) is 13.1 Å². The normalized spacial score (nSPS) is 17.2. The Balaban J connectivity index is 1.63. The van der Waals surface area contributed by atoms with Crippen molar-refractivity contribution < 1.29 is 17.9 Å². The molecule has 2 N–H and O–H groups in total. The van der Waals surface area contributed by atoms with Crippen LogP contribution >= 0.6 is 0 Å². The van der Waals surface area contributed by atoms with E-state index in [1.165, 1.54) is 24.3 Å². The molecule has 0 aromatic heterocycles. The number of amides is 1. The van der Waals surface area contributed by atoms with Gasteiger partial charge in [-0.2, -0.15) is 0 Å². The van der Waals surface area contributed by atoms with Gasteiger partial charge in [-0.05, 0) is 56.2 Å². The summed E-state index contributed by atoms with van der Waals surface area (Å²) in [4.78, 5) is 12.4. The van der Waals surface area contributed by atoms with Crippen LogP contribution in [-0.4, -0.2) is 33.6 Å². The van der Waals surface area contributed by atoms with E-state index in [0.717, 1.165) is 18.4 Å². The fraction of sp³-hybridized carbons (Fsp3) is 0.316. The van der Waals surface area contributed by atoms with E-state index in [4.69, 9.17) is 4.74 Å². The highest BCUT2D eigenvalue weighted by Crippen LogP contribution is 2.15. The number of hydrogen-bond acceptors (Lipinski definition) is 4. The van der Waals surface area contributed by atoms with Crippen molar-refractivity contribution in [2.75, 3.05) is 18.5 Å². The van der Waals surface area contributed by atoms with E-state index in [1.807, 2.05) is 31.2 Å². The summed E-state index contributed by atoms with van der Waals surface area (Å²) in [7, 11) is -3.62. The molecule has 1 aliphatic heterocycles. The molecule has 1 atom stereocenters. The number of benzene rings is 2. The fourth-order valence-electron chi connectivity index (χ4n) is 2.72. The number of hydrogen-bond donors (Lipinski definition) is 2. The Hall–Kier alpha value is -2.22. The molecule has 1 fully saturated rings. The van der Waals surface area contributed by atoms with E-state index in [9.17, 15) is 13.2 Å². The number of nitrogens with one attached hydrogen (secondary N) is 2. The smallest absolute Gasteiger partial charge is 0.255 e. The number of anilines is 1. The van der Waals surface area contributed by atoms with Gasteiger partial charge in [0, 0.05) is 24.4 Å². The second kappa shape index (κ2) is 7.99. The number of carbonyl (C=O) groups excluding carboxylic acids is 1. The summed E-state index contributed by atoms with van der Waals surface area (Å²) in [6.07, 6.45) is 1.75. The number of ether oxygens (including phenoxy) is 1. The molecule has 1 heterocycles. The van der Waals surface area contributed by atoms with E-state index in [-0.39, 0.29) is 23.5 Å². The second-order valence-corrected chi connectivity index (χ2v) is 8.10. The van der Waals surface area contributed by atoms with E-state index < -0.39 is 10.0 Å². The number of aryl methyl sites for hydroxylation is 1. The average Bonchev–Trinajstić information content (AvgIpc) is 3.16. The lowest BCUT2D eigenvalue weighted by molar-refractivity contribution is 0.102. The lowest BCUT2D eigenvalue weighted by Gasteiger charge is -2.12. The van der Waals surface area contributed by atoms with Gasteiger partial charge in [0.05, 0.1) is 11.0 Å². The predicted octanol–water partition coefficient (Wildman–Crippen LogP) is 2.70. The summed E-state index contributed by atoms with van der Waals surface area (Å²) in [5.74, 6) is -0.287. The van der Waals surface area contributed by atoms with Crippen molar-refractivity contribution in [2.45, 2.75) is 30.8 Å². The van der Waals surface area contributed by atoms with Crippen LogP contribution in [0.4, 0.5) is 5.69 Å². The van der Waals surface area contributed by atoms with Crippen molar-refractivity contribution >= 4 is 21.6 Å². The summed E-state index contributed by atoms with van der Waals surface area (Å²) in [6, 6.07) is 13.3. The summed E-state index contributed by atoms with van der Waals surface area (Å²) < 4.78 is 32.6. The molecule has 0 unspecified atom stereocenters. The molecule has 2 aromatic carbocycles. The van der Waals surface area contributed by atoms with Crippen LogP contribution in [0.25, 0.3) is 0 Å². The molecule has 0 aliphatic carbocycles. The fourth-order valence-corrected chi connectivity index (χ4v) is 3.78. The van der Waals surface area contributed by atoms with Crippen LogP contribution in [0.2, 0.25) is 0 Å². The molecule has 1 saturated heterocycles. The molecule has 0 spiro atoms. The Kier molecular flexibility index (Phi) is 5.70.